The molecule has 4 atom stereocenters. The Morgan fingerprint density at radius 1 is 0.750 bits per heavy atom. The summed E-state index contributed by atoms with van der Waals surface area (Å²) in [5.74, 6) is -1.83. The molecular weight excluding hydrogens is 456 g/mol. The third-order valence-corrected chi connectivity index (χ3v) is 8.37. The summed E-state index contributed by atoms with van der Waals surface area (Å²) in [5.41, 5.74) is -0.400. The number of rotatable bonds is 3. The number of fused-ring (bicyclic) bond motifs is 6. The lowest BCUT2D eigenvalue weighted by Gasteiger charge is -2.32. The lowest BCUT2D eigenvalue weighted by molar-refractivity contribution is -0.930. The number of para-hydroxylation sites is 1. The zero-order chi connectivity index (χ0) is 24.6. The second kappa shape index (κ2) is 7.45. The standard InChI is InChI=1S/C29H22N2O5/c32-25-20-9-4-5-10-21(20)26(33)29(25)24-23(22-11-6-16-30(22)29)27(34)31(28(24)35)17-12-14-19(15-13-17)36-18-7-2-1-3-8-18/h1-5,7-10,12-15,22-24H,6,11,16H2/p+1/t22-,23-,24-/m0/s1. The Hall–Kier alpha value is -4.10. The van der Waals surface area contributed by atoms with Crippen LogP contribution in [0.15, 0.2) is 78.9 Å². The second-order valence-corrected chi connectivity index (χ2v) is 9.96. The molecule has 3 saturated heterocycles. The maximum absolute atomic E-state index is 14.0. The number of Topliss-reactive ketones (excluding diaryl/α,β-unsaturated/α-hetero) is 2. The quantitative estimate of drug-likeness (QED) is 0.461. The van der Waals surface area contributed by atoms with E-state index in [0.29, 0.717) is 41.3 Å². The summed E-state index contributed by atoms with van der Waals surface area (Å²) in [5, 5.41) is 0. The van der Waals surface area contributed by atoms with Crippen LogP contribution in [-0.4, -0.2) is 41.5 Å². The van der Waals surface area contributed by atoms with E-state index in [1.165, 1.54) is 4.90 Å². The predicted molar refractivity (Wildman–Crippen MR) is 129 cm³/mol. The number of carbonyl (C=O) groups is 4. The van der Waals surface area contributed by atoms with E-state index in [4.69, 9.17) is 4.74 Å². The van der Waals surface area contributed by atoms with Gasteiger partial charge in [0.05, 0.1) is 12.2 Å². The molecule has 7 rings (SSSR count). The van der Waals surface area contributed by atoms with Crippen LogP contribution >= 0.6 is 0 Å². The van der Waals surface area contributed by atoms with Crippen molar-refractivity contribution in [2.45, 2.75) is 24.4 Å². The number of quaternary nitrogens is 1. The molecule has 1 N–H and O–H groups in total. The van der Waals surface area contributed by atoms with Crippen LogP contribution in [0, 0.1) is 11.8 Å². The van der Waals surface area contributed by atoms with Crippen LogP contribution in [0.5, 0.6) is 11.5 Å². The summed E-state index contributed by atoms with van der Waals surface area (Å²) < 4.78 is 5.84. The molecule has 3 heterocycles. The summed E-state index contributed by atoms with van der Waals surface area (Å²) >= 11 is 0. The molecule has 2 amide bonds. The summed E-state index contributed by atoms with van der Waals surface area (Å²) in [7, 11) is 0. The van der Waals surface area contributed by atoms with Crippen LogP contribution < -0.4 is 14.5 Å². The maximum Gasteiger partial charge on any atom is 0.245 e. The molecule has 1 spiro atoms. The van der Waals surface area contributed by atoms with Crippen molar-refractivity contribution in [3.05, 3.63) is 90.0 Å². The van der Waals surface area contributed by atoms with Gasteiger partial charge in [-0.2, -0.15) is 0 Å². The molecule has 0 radical (unpaired) electrons. The molecule has 1 aliphatic carbocycles. The van der Waals surface area contributed by atoms with Crippen molar-refractivity contribution in [3.8, 4) is 11.5 Å². The van der Waals surface area contributed by atoms with Gasteiger partial charge in [0.2, 0.25) is 28.9 Å². The highest BCUT2D eigenvalue weighted by Gasteiger charge is 2.80. The molecule has 7 heteroatoms. The number of amides is 2. The number of nitrogens with zero attached hydrogens (tertiary/aromatic N) is 1. The Labute approximate surface area is 207 Å². The molecule has 3 aliphatic heterocycles. The van der Waals surface area contributed by atoms with E-state index >= 15 is 0 Å². The van der Waals surface area contributed by atoms with E-state index in [2.05, 4.69) is 0 Å². The topological polar surface area (TPSA) is 85.2 Å². The van der Waals surface area contributed by atoms with Gasteiger partial charge in [0.25, 0.3) is 0 Å². The lowest BCUT2D eigenvalue weighted by atomic mass is 9.76. The van der Waals surface area contributed by atoms with Crippen LogP contribution in [-0.2, 0) is 9.59 Å². The van der Waals surface area contributed by atoms with Crippen molar-refractivity contribution >= 4 is 29.1 Å². The Morgan fingerprint density at radius 2 is 1.36 bits per heavy atom. The highest BCUT2D eigenvalue weighted by Crippen LogP contribution is 2.49. The van der Waals surface area contributed by atoms with Crippen molar-refractivity contribution in [1.82, 2.24) is 0 Å². The smallest absolute Gasteiger partial charge is 0.245 e. The van der Waals surface area contributed by atoms with Gasteiger partial charge in [0.1, 0.15) is 29.4 Å². The fourth-order valence-electron chi connectivity index (χ4n) is 7.03. The number of hydrogen-bond acceptors (Lipinski definition) is 5. The minimum absolute atomic E-state index is 0.223. The normalized spacial score (nSPS) is 27.5. The Kier molecular flexibility index (Phi) is 4.39. The number of imide groups is 1. The van der Waals surface area contributed by atoms with Gasteiger partial charge in [0.15, 0.2) is 0 Å². The van der Waals surface area contributed by atoms with Crippen LogP contribution in [0.1, 0.15) is 33.6 Å². The highest BCUT2D eigenvalue weighted by molar-refractivity contribution is 6.36. The molecule has 36 heavy (non-hydrogen) atoms. The predicted octanol–water partition coefficient (Wildman–Crippen LogP) is 2.46. The molecule has 3 fully saturated rings. The van der Waals surface area contributed by atoms with Gasteiger partial charge < -0.3 is 9.64 Å². The molecule has 0 bridgehead atoms. The Bertz CT molecular complexity index is 1410. The zero-order valence-corrected chi connectivity index (χ0v) is 19.3. The zero-order valence-electron chi connectivity index (χ0n) is 19.3. The largest absolute Gasteiger partial charge is 0.457 e. The summed E-state index contributed by atoms with van der Waals surface area (Å²) in [6, 6.07) is 22.7. The number of benzene rings is 3. The van der Waals surface area contributed by atoms with E-state index in [0.717, 1.165) is 11.3 Å². The lowest BCUT2D eigenvalue weighted by Crippen LogP contribution is -3.22. The highest BCUT2D eigenvalue weighted by atomic mass is 16.5. The van der Waals surface area contributed by atoms with Crippen molar-refractivity contribution < 1.29 is 28.8 Å². The van der Waals surface area contributed by atoms with Crippen molar-refractivity contribution in [1.29, 1.82) is 0 Å². The molecule has 3 aromatic carbocycles. The molecule has 0 saturated carbocycles. The van der Waals surface area contributed by atoms with Gasteiger partial charge >= 0.3 is 0 Å². The summed E-state index contributed by atoms with van der Waals surface area (Å²) in [6.45, 7) is 0.606. The molecule has 7 nitrogen and oxygen atoms in total. The number of nitrogens with one attached hydrogen (secondary N) is 1. The Balaban J connectivity index is 1.27. The van der Waals surface area contributed by atoms with Gasteiger partial charge in [-0.05, 0) is 36.4 Å². The summed E-state index contributed by atoms with van der Waals surface area (Å²) in [4.78, 5) is 57.5. The number of hydrogen-bond donors (Lipinski definition) is 1. The van der Waals surface area contributed by atoms with Gasteiger partial charge in [-0.25, -0.2) is 4.90 Å². The average Bonchev–Trinajstić information content (AvgIpc) is 3.60. The monoisotopic (exact) mass is 479 g/mol. The van der Waals surface area contributed by atoms with Gasteiger partial charge in [-0.1, -0.05) is 42.5 Å². The molecule has 178 valence electrons. The molecule has 1 unspecified atom stereocenters. The number of carbonyl (C=O) groups excluding carboxylic acids is 4. The molecule has 0 aromatic heterocycles. The van der Waals surface area contributed by atoms with Crippen molar-refractivity contribution in [3.63, 3.8) is 0 Å². The van der Waals surface area contributed by atoms with Gasteiger partial charge in [0, 0.05) is 24.0 Å². The SMILES string of the molecule is O=C1[C@@H]2[C@@H](C(=O)N1c1ccc(Oc3ccccc3)cc1)C1(C(=O)c3ccccc3C1=O)[NH+]1CCC[C@@H]21. The van der Waals surface area contributed by atoms with Gasteiger partial charge in [-0.15, -0.1) is 0 Å². The minimum Gasteiger partial charge on any atom is -0.457 e. The van der Waals surface area contributed by atoms with E-state index in [-0.39, 0.29) is 23.5 Å². The van der Waals surface area contributed by atoms with E-state index in [1.54, 1.807) is 48.5 Å². The molecular formula is C29H23N2O5+. The van der Waals surface area contributed by atoms with Crippen LogP contribution in [0.25, 0.3) is 0 Å². The van der Waals surface area contributed by atoms with E-state index in [9.17, 15) is 19.2 Å². The number of ketones is 2. The van der Waals surface area contributed by atoms with Crippen molar-refractivity contribution in [2.75, 3.05) is 11.4 Å². The average molecular weight is 480 g/mol. The third kappa shape index (κ3) is 2.55. The first kappa shape index (κ1) is 21.2. The molecule has 4 aliphatic rings. The molecule has 3 aromatic rings. The van der Waals surface area contributed by atoms with E-state index < -0.39 is 23.3 Å². The first-order chi connectivity index (χ1) is 17.5. The first-order valence-corrected chi connectivity index (χ1v) is 12.3. The number of ether oxygens (including phenoxy) is 1. The minimum atomic E-state index is -1.55. The van der Waals surface area contributed by atoms with Crippen LogP contribution in [0.4, 0.5) is 5.69 Å². The summed E-state index contributed by atoms with van der Waals surface area (Å²) in [6.07, 6.45) is 1.53. The fraction of sp³-hybridized carbons (Fsp3) is 0.241. The van der Waals surface area contributed by atoms with Gasteiger partial charge in [-0.3, -0.25) is 19.2 Å². The fourth-order valence-corrected chi connectivity index (χ4v) is 7.03. The second-order valence-electron chi connectivity index (χ2n) is 9.96. The van der Waals surface area contributed by atoms with Crippen LogP contribution in [0.2, 0.25) is 0 Å². The maximum atomic E-state index is 14.0. The third-order valence-electron chi connectivity index (χ3n) is 8.37. The van der Waals surface area contributed by atoms with Crippen molar-refractivity contribution in [2.24, 2.45) is 11.8 Å². The first-order valence-electron chi connectivity index (χ1n) is 12.3. The van der Waals surface area contributed by atoms with E-state index in [1.807, 2.05) is 30.3 Å². The Morgan fingerprint density at radius 3 is 2.03 bits per heavy atom. The van der Waals surface area contributed by atoms with Crippen LogP contribution in [0.3, 0.4) is 0 Å². The number of anilines is 1.